The largest absolute Gasteiger partial charge is 0.496 e. The van der Waals surface area contributed by atoms with E-state index in [0.717, 1.165) is 12.8 Å². The van der Waals surface area contributed by atoms with E-state index in [2.05, 4.69) is 5.32 Å². The Kier molecular flexibility index (Phi) is 4.10. The lowest BCUT2D eigenvalue weighted by molar-refractivity contribution is -0.145. The maximum atomic E-state index is 11.8. The van der Waals surface area contributed by atoms with Crippen LogP contribution in [0.2, 0.25) is 0 Å². The monoisotopic (exact) mass is 263 g/mol. The van der Waals surface area contributed by atoms with Gasteiger partial charge in [0.1, 0.15) is 11.3 Å². The Hall–Kier alpha value is -1.55. The molecule has 0 spiro atoms. The maximum Gasteiger partial charge on any atom is 0.328 e. The highest BCUT2D eigenvalue weighted by molar-refractivity contribution is 5.81. The summed E-state index contributed by atoms with van der Waals surface area (Å²) in [6, 6.07) is 7.57. The third kappa shape index (κ3) is 2.73. The van der Waals surface area contributed by atoms with Crippen LogP contribution in [0.25, 0.3) is 0 Å². The van der Waals surface area contributed by atoms with Crippen molar-refractivity contribution >= 4 is 5.97 Å². The molecule has 0 heterocycles. The molecule has 0 bridgehead atoms. The van der Waals surface area contributed by atoms with E-state index in [4.69, 9.17) is 4.74 Å². The zero-order valence-corrected chi connectivity index (χ0v) is 11.5. The Morgan fingerprint density at radius 2 is 2.00 bits per heavy atom. The summed E-state index contributed by atoms with van der Waals surface area (Å²) in [7, 11) is 1.57. The van der Waals surface area contributed by atoms with Crippen LogP contribution in [0.4, 0.5) is 0 Å². The lowest BCUT2D eigenvalue weighted by Crippen LogP contribution is -2.50. The van der Waals surface area contributed by atoms with Gasteiger partial charge < -0.3 is 9.84 Å². The van der Waals surface area contributed by atoms with E-state index in [0.29, 0.717) is 11.3 Å². The Morgan fingerprint density at radius 1 is 1.37 bits per heavy atom. The van der Waals surface area contributed by atoms with Crippen LogP contribution in [0.15, 0.2) is 24.3 Å². The van der Waals surface area contributed by atoms with E-state index in [1.807, 2.05) is 18.2 Å². The van der Waals surface area contributed by atoms with Gasteiger partial charge in [-0.25, -0.2) is 4.79 Å². The highest BCUT2D eigenvalue weighted by atomic mass is 16.5. The van der Waals surface area contributed by atoms with Gasteiger partial charge in [0.05, 0.1) is 7.11 Å². The second-order valence-corrected chi connectivity index (χ2v) is 5.26. The number of ether oxygens (including phenoxy) is 1. The van der Waals surface area contributed by atoms with Gasteiger partial charge in [0.2, 0.25) is 0 Å². The van der Waals surface area contributed by atoms with Gasteiger partial charge >= 0.3 is 5.97 Å². The summed E-state index contributed by atoms with van der Waals surface area (Å²) in [5, 5.41) is 13.0. The van der Waals surface area contributed by atoms with Gasteiger partial charge in [-0.3, -0.25) is 5.32 Å². The Bertz CT molecular complexity index is 454. The van der Waals surface area contributed by atoms with E-state index in [1.54, 1.807) is 20.1 Å². The molecule has 0 radical (unpaired) electrons. The van der Waals surface area contributed by atoms with E-state index in [1.165, 1.54) is 12.8 Å². The Morgan fingerprint density at radius 3 is 2.58 bits per heavy atom. The van der Waals surface area contributed by atoms with Gasteiger partial charge in [0.25, 0.3) is 0 Å². The van der Waals surface area contributed by atoms with E-state index in [-0.39, 0.29) is 6.04 Å². The summed E-state index contributed by atoms with van der Waals surface area (Å²) in [4.78, 5) is 11.8. The SMILES string of the molecule is COc1ccccc1C(C)(NC1CCCC1)C(=O)O. The minimum atomic E-state index is -1.11. The standard InChI is InChI=1S/C15H21NO3/c1-15(14(17)18,16-11-7-3-4-8-11)12-9-5-6-10-13(12)19-2/h5-6,9-11,16H,3-4,7-8H2,1-2H3,(H,17,18). The molecule has 4 nitrogen and oxygen atoms in total. The van der Waals surface area contributed by atoms with E-state index < -0.39 is 11.5 Å². The van der Waals surface area contributed by atoms with Crippen LogP contribution in [0.5, 0.6) is 5.75 Å². The van der Waals surface area contributed by atoms with E-state index >= 15 is 0 Å². The molecule has 4 heteroatoms. The number of benzene rings is 1. The molecule has 19 heavy (non-hydrogen) atoms. The summed E-state index contributed by atoms with van der Waals surface area (Å²) in [5.74, 6) is -0.262. The molecule has 1 aromatic carbocycles. The van der Waals surface area contributed by atoms with Crippen LogP contribution >= 0.6 is 0 Å². The molecule has 1 unspecified atom stereocenters. The summed E-state index contributed by atoms with van der Waals surface area (Å²) in [6.45, 7) is 1.71. The average molecular weight is 263 g/mol. The first-order valence-electron chi connectivity index (χ1n) is 6.72. The molecule has 1 aliphatic carbocycles. The Balaban J connectivity index is 2.34. The third-order valence-corrected chi connectivity index (χ3v) is 3.92. The molecule has 2 N–H and O–H groups in total. The van der Waals surface area contributed by atoms with Gasteiger partial charge in [-0.15, -0.1) is 0 Å². The predicted molar refractivity (Wildman–Crippen MR) is 73.4 cm³/mol. The Labute approximate surface area is 113 Å². The highest BCUT2D eigenvalue weighted by Gasteiger charge is 2.39. The minimum absolute atomic E-state index is 0.269. The molecule has 1 saturated carbocycles. The fourth-order valence-electron chi connectivity index (χ4n) is 2.79. The molecule has 0 aliphatic heterocycles. The molecule has 1 atom stereocenters. The van der Waals surface area contributed by atoms with Crippen molar-refractivity contribution in [2.45, 2.75) is 44.2 Å². The highest BCUT2D eigenvalue weighted by Crippen LogP contribution is 2.32. The number of hydrogen-bond donors (Lipinski definition) is 2. The van der Waals surface area contributed by atoms with Gasteiger partial charge in [-0.05, 0) is 25.8 Å². The van der Waals surface area contributed by atoms with Crippen molar-refractivity contribution < 1.29 is 14.6 Å². The first kappa shape index (κ1) is 13.9. The van der Waals surface area contributed by atoms with Crippen LogP contribution in [0, 0.1) is 0 Å². The van der Waals surface area contributed by atoms with Gasteiger partial charge in [0.15, 0.2) is 0 Å². The van der Waals surface area contributed by atoms with Crippen molar-refractivity contribution in [3.63, 3.8) is 0 Å². The van der Waals surface area contributed by atoms with Crippen LogP contribution in [-0.2, 0) is 10.3 Å². The van der Waals surface area contributed by atoms with Crippen LogP contribution in [0.1, 0.15) is 38.2 Å². The summed E-state index contributed by atoms with van der Waals surface area (Å²) in [5.41, 5.74) is -0.432. The van der Waals surface area contributed by atoms with Crippen molar-refractivity contribution in [1.82, 2.24) is 5.32 Å². The number of carbonyl (C=O) groups is 1. The predicted octanol–water partition coefficient (Wildman–Crippen LogP) is 2.53. The molecule has 2 rings (SSSR count). The molecule has 1 aliphatic rings. The molecular weight excluding hydrogens is 242 g/mol. The van der Waals surface area contributed by atoms with Crippen LogP contribution in [-0.4, -0.2) is 24.2 Å². The molecule has 0 aromatic heterocycles. The topological polar surface area (TPSA) is 58.6 Å². The van der Waals surface area contributed by atoms with Gasteiger partial charge in [-0.2, -0.15) is 0 Å². The summed E-state index contributed by atoms with van der Waals surface area (Å²) < 4.78 is 5.30. The van der Waals surface area contributed by atoms with E-state index in [9.17, 15) is 9.90 Å². The second kappa shape index (κ2) is 5.61. The maximum absolute atomic E-state index is 11.8. The zero-order chi connectivity index (χ0) is 13.9. The minimum Gasteiger partial charge on any atom is -0.496 e. The van der Waals surface area contributed by atoms with Crippen LogP contribution < -0.4 is 10.1 Å². The van der Waals surface area contributed by atoms with Crippen molar-refractivity contribution in [2.75, 3.05) is 7.11 Å². The third-order valence-electron chi connectivity index (χ3n) is 3.92. The number of nitrogens with one attached hydrogen (secondary N) is 1. The number of methoxy groups -OCH3 is 1. The zero-order valence-electron chi connectivity index (χ0n) is 11.5. The van der Waals surface area contributed by atoms with Gasteiger partial charge in [-0.1, -0.05) is 31.0 Å². The lowest BCUT2D eigenvalue weighted by Gasteiger charge is -2.31. The van der Waals surface area contributed by atoms with Crippen molar-refractivity contribution in [2.24, 2.45) is 0 Å². The van der Waals surface area contributed by atoms with Gasteiger partial charge in [0, 0.05) is 11.6 Å². The summed E-state index contributed by atoms with van der Waals surface area (Å²) in [6.07, 6.45) is 4.41. The summed E-state index contributed by atoms with van der Waals surface area (Å²) >= 11 is 0. The molecule has 1 fully saturated rings. The number of para-hydroxylation sites is 1. The first-order valence-corrected chi connectivity index (χ1v) is 6.72. The fraction of sp³-hybridized carbons (Fsp3) is 0.533. The second-order valence-electron chi connectivity index (χ2n) is 5.26. The number of carboxylic acid groups (broad SMARTS) is 1. The molecular formula is C15H21NO3. The quantitative estimate of drug-likeness (QED) is 0.857. The number of carboxylic acids is 1. The number of hydrogen-bond acceptors (Lipinski definition) is 3. The molecule has 1 aromatic rings. The normalized spacial score (nSPS) is 19.1. The number of aliphatic carboxylic acids is 1. The van der Waals surface area contributed by atoms with Crippen molar-refractivity contribution in [1.29, 1.82) is 0 Å². The van der Waals surface area contributed by atoms with Crippen LogP contribution in [0.3, 0.4) is 0 Å². The molecule has 0 saturated heterocycles. The molecule has 0 amide bonds. The lowest BCUT2D eigenvalue weighted by atomic mass is 9.90. The molecule has 104 valence electrons. The van der Waals surface area contributed by atoms with Crippen molar-refractivity contribution in [3.05, 3.63) is 29.8 Å². The fourth-order valence-corrected chi connectivity index (χ4v) is 2.79. The smallest absolute Gasteiger partial charge is 0.328 e. The van der Waals surface area contributed by atoms with Crippen molar-refractivity contribution in [3.8, 4) is 5.75 Å². The number of rotatable bonds is 5. The average Bonchev–Trinajstić information content (AvgIpc) is 2.91. The first-order chi connectivity index (χ1) is 9.08.